The van der Waals surface area contributed by atoms with Gasteiger partial charge in [-0.05, 0) is 35.7 Å². The number of hydrogen-bond acceptors (Lipinski definition) is 2. The van der Waals surface area contributed by atoms with Crippen molar-refractivity contribution in [3.05, 3.63) is 64.7 Å². The Labute approximate surface area is 124 Å². The lowest BCUT2D eigenvalue weighted by atomic mass is 10.0. The molecule has 104 valence electrons. The molecule has 0 radical (unpaired) electrons. The quantitative estimate of drug-likeness (QED) is 0.744. The van der Waals surface area contributed by atoms with Gasteiger partial charge in [-0.3, -0.25) is 4.79 Å². The van der Waals surface area contributed by atoms with E-state index in [-0.39, 0.29) is 12.4 Å². The second-order valence-corrected chi connectivity index (χ2v) is 5.32. The van der Waals surface area contributed by atoms with E-state index in [0.717, 1.165) is 0 Å². The zero-order valence-corrected chi connectivity index (χ0v) is 12.4. The van der Waals surface area contributed by atoms with Crippen LogP contribution in [0.4, 0.5) is 0 Å². The molecule has 0 aliphatic rings. The molecule has 0 bridgehead atoms. The Bertz CT molecular complexity index is 588. The number of carbonyl (C=O) groups is 1. The number of rotatable bonds is 5. The highest BCUT2D eigenvalue weighted by atomic mass is 35.5. The molecule has 3 heteroatoms. The number of benzene rings is 2. The fourth-order valence-corrected chi connectivity index (χ4v) is 2.10. The summed E-state index contributed by atoms with van der Waals surface area (Å²) in [6.07, 6.45) is 0. The third-order valence-corrected chi connectivity index (χ3v) is 3.42. The van der Waals surface area contributed by atoms with Gasteiger partial charge >= 0.3 is 0 Å². The molecular formula is C17H17ClO2. The molecule has 0 spiro atoms. The minimum Gasteiger partial charge on any atom is -0.485 e. The summed E-state index contributed by atoms with van der Waals surface area (Å²) >= 11 is 5.98. The molecule has 2 nitrogen and oxygen atoms in total. The van der Waals surface area contributed by atoms with E-state index in [2.05, 4.69) is 13.8 Å². The van der Waals surface area contributed by atoms with Crippen LogP contribution in [0.25, 0.3) is 0 Å². The number of halogens is 1. The van der Waals surface area contributed by atoms with Gasteiger partial charge in [-0.1, -0.05) is 49.7 Å². The van der Waals surface area contributed by atoms with Gasteiger partial charge in [0.25, 0.3) is 0 Å². The van der Waals surface area contributed by atoms with Gasteiger partial charge in [0.1, 0.15) is 5.75 Å². The summed E-state index contributed by atoms with van der Waals surface area (Å²) in [6, 6.07) is 14.8. The van der Waals surface area contributed by atoms with Crippen LogP contribution in [-0.2, 0) is 0 Å². The summed E-state index contributed by atoms with van der Waals surface area (Å²) in [5.74, 6) is 1.05. The fraction of sp³-hybridized carbons (Fsp3) is 0.235. The Morgan fingerprint density at radius 1 is 1.10 bits per heavy atom. The van der Waals surface area contributed by atoms with E-state index in [1.807, 2.05) is 24.3 Å². The van der Waals surface area contributed by atoms with E-state index in [1.54, 1.807) is 24.3 Å². The van der Waals surface area contributed by atoms with E-state index in [1.165, 1.54) is 5.56 Å². The predicted octanol–water partition coefficient (Wildman–Crippen LogP) is 4.73. The van der Waals surface area contributed by atoms with Crippen molar-refractivity contribution in [3.63, 3.8) is 0 Å². The summed E-state index contributed by atoms with van der Waals surface area (Å²) in [4.78, 5) is 12.0. The van der Waals surface area contributed by atoms with Gasteiger partial charge < -0.3 is 4.74 Å². The van der Waals surface area contributed by atoms with E-state index in [9.17, 15) is 4.79 Å². The van der Waals surface area contributed by atoms with E-state index in [4.69, 9.17) is 16.3 Å². The fourth-order valence-electron chi connectivity index (χ4n) is 1.86. The maximum Gasteiger partial charge on any atom is 0.201 e. The van der Waals surface area contributed by atoms with Crippen molar-refractivity contribution in [3.8, 4) is 5.75 Å². The molecular weight excluding hydrogens is 272 g/mol. The minimum atomic E-state index is -0.122. The van der Waals surface area contributed by atoms with E-state index in [0.29, 0.717) is 22.3 Å². The molecule has 2 aromatic rings. The lowest BCUT2D eigenvalue weighted by Gasteiger charge is -2.09. The first-order chi connectivity index (χ1) is 9.58. The summed E-state index contributed by atoms with van der Waals surface area (Å²) in [5.41, 5.74) is 1.74. The van der Waals surface area contributed by atoms with Crippen LogP contribution < -0.4 is 4.74 Å². The largest absolute Gasteiger partial charge is 0.485 e. The molecule has 2 aromatic carbocycles. The van der Waals surface area contributed by atoms with Crippen molar-refractivity contribution in [1.29, 1.82) is 0 Å². The van der Waals surface area contributed by atoms with Crippen molar-refractivity contribution in [2.24, 2.45) is 0 Å². The highest BCUT2D eigenvalue weighted by Gasteiger charge is 2.10. The van der Waals surface area contributed by atoms with Crippen LogP contribution in [0.3, 0.4) is 0 Å². The summed E-state index contributed by atoms with van der Waals surface area (Å²) < 4.78 is 5.50. The number of carbonyl (C=O) groups excluding carboxylic acids is 1. The monoisotopic (exact) mass is 288 g/mol. The molecule has 0 amide bonds. The Morgan fingerprint density at radius 2 is 1.75 bits per heavy atom. The topological polar surface area (TPSA) is 26.3 Å². The van der Waals surface area contributed by atoms with Crippen LogP contribution in [0, 0.1) is 0 Å². The molecule has 0 heterocycles. The van der Waals surface area contributed by atoms with Crippen LogP contribution in [0.2, 0.25) is 5.02 Å². The van der Waals surface area contributed by atoms with Crippen molar-refractivity contribution in [2.45, 2.75) is 19.8 Å². The zero-order chi connectivity index (χ0) is 14.5. The van der Waals surface area contributed by atoms with Crippen molar-refractivity contribution < 1.29 is 9.53 Å². The average Bonchev–Trinajstić information content (AvgIpc) is 2.45. The predicted molar refractivity (Wildman–Crippen MR) is 81.8 cm³/mol. The Kier molecular flexibility index (Phi) is 4.80. The molecule has 2 rings (SSSR count). The molecule has 0 saturated carbocycles. The first-order valence-electron chi connectivity index (χ1n) is 6.58. The minimum absolute atomic E-state index is 0.00917. The van der Waals surface area contributed by atoms with E-state index >= 15 is 0 Å². The molecule has 0 unspecified atom stereocenters. The first-order valence-corrected chi connectivity index (χ1v) is 6.96. The molecule has 0 N–H and O–H groups in total. The maximum atomic E-state index is 12.0. The third kappa shape index (κ3) is 3.61. The molecule has 0 atom stereocenters. The first kappa shape index (κ1) is 14.6. The Morgan fingerprint density at radius 3 is 2.35 bits per heavy atom. The number of Topliss-reactive ketones (excluding diaryl/α,β-unsaturated/α-hetero) is 1. The maximum absolute atomic E-state index is 12.0. The van der Waals surface area contributed by atoms with Crippen LogP contribution in [0.1, 0.15) is 35.7 Å². The molecule has 20 heavy (non-hydrogen) atoms. The summed E-state index contributed by atoms with van der Waals surface area (Å²) in [6.45, 7) is 4.26. The van der Waals surface area contributed by atoms with Gasteiger partial charge in [-0.25, -0.2) is 0 Å². The van der Waals surface area contributed by atoms with Gasteiger partial charge in [0.15, 0.2) is 6.61 Å². The molecule has 0 aromatic heterocycles. The molecule has 0 aliphatic carbocycles. The van der Waals surface area contributed by atoms with Crippen molar-refractivity contribution >= 4 is 17.4 Å². The highest BCUT2D eigenvalue weighted by Crippen LogP contribution is 2.20. The molecule has 0 aliphatic heterocycles. The molecule has 0 saturated heterocycles. The van der Waals surface area contributed by atoms with Gasteiger partial charge in [-0.15, -0.1) is 0 Å². The van der Waals surface area contributed by atoms with Gasteiger partial charge in [0.2, 0.25) is 5.78 Å². The van der Waals surface area contributed by atoms with Gasteiger partial charge in [-0.2, -0.15) is 0 Å². The van der Waals surface area contributed by atoms with Crippen molar-refractivity contribution in [1.82, 2.24) is 0 Å². The lowest BCUT2D eigenvalue weighted by molar-refractivity contribution is 0.0921. The number of hydrogen-bond donors (Lipinski definition) is 0. The van der Waals surface area contributed by atoms with Gasteiger partial charge in [0, 0.05) is 5.56 Å². The summed E-state index contributed by atoms with van der Waals surface area (Å²) in [5, 5.41) is 0.455. The second kappa shape index (κ2) is 6.58. The normalized spacial score (nSPS) is 10.6. The Hall–Kier alpha value is -1.80. The van der Waals surface area contributed by atoms with Gasteiger partial charge in [0.05, 0.1) is 5.02 Å². The number of ketones is 1. The van der Waals surface area contributed by atoms with Crippen LogP contribution in [-0.4, -0.2) is 12.4 Å². The van der Waals surface area contributed by atoms with Crippen LogP contribution in [0.5, 0.6) is 5.75 Å². The second-order valence-electron chi connectivity index (χ2n) is 4.92. The standard InChI is InChI=1S/C17H17ClO2/c1-12(2)13-7-9-14(10-8-13)20-11-17(19)15-5-3-4-6-16(15)18/h3-10,12H,11H2,1-2H3. The van der Waals surface area contributed by atoms with E-state index < -0.39 is 0 Å². The summed E-state index contributed by atoms with van der Waals surface area (Å²) in [7, 11) is 0. The average molecular weight is 289 g/mol. The lowest BCUT2D eigenvalue weighted by Crippen LogP contribution is -2.12. The Balaban J connectivity index is 1.98. The zero-order valence-electron chi connectivity index (χ0n) is 11.6. The highest BCUT2D eigenvalue weighted by molar-refractivity contribution is 6.34. The van der Waals surface area contributed by atoms with Crippen molar-refractivity contribution in [2.75, 3.05) is 6.61 Å². The number of ether oxygens (including phenoxy) is 1. The molecule has 0 fully saturated rings. The van der Waals surface area contributed by atoms with Crippen LogP contribution >= 0.6 is 11.6 Å². The van der Waals surface area contributed by atoms with Crippen LogP contribution in [0.15, 0.2) is 48.5 Å². The third-order valence-electron chi connectivity index (χ3n) is 3.09. The SMILES string of the molecule is CC(C)c1ccc(OCC(=O)c2ccccc2Cl)cc1. The smallest absolute Gasteiger partial charge is 0.201 e.